The highest BCUT2D eigenvalue weighted by Crippen LogP contribution is 2.31. The number of hydrogen-bond donors (Lipinski definition) is 1. The topological polar surface area (TPSA) is 46.9 Å². The van der Waals surface area contributed by atoms with E-state index in [2.05, 4.69) is 10.3 Å². The van der Waals surface area contributed by atoms with E-state index >= 15 is 0 Å². The molecule has 1 aromatic carbocycles. The summed E-state index contributed by atoms with van der Waals surface area (Å²) in [6, 6.07) is 9.79. The molecule has 5 heteroatoms. The SMILES string of the molecule is O=C(Nc1ccccc1-n1ccnc1)c1cc2c(s1)CCC2. The zero-order valence-corrected chi connectivity index (χ0v) is 12.8. The van der Waals surface area contributed by atoms with E-state index in [1.54, 1.807) is 23.9 Å². The Labute approximate surface area is 132 Å². The van der Waals surface area contributed by atoms with E-state index in [1.807, 2.05) is 41.1 Å². The number of hydrogen-bond acceptors (Lipinski definition) is 3. The van der Waals surface area contributed by atoms with Crippen molar-refractivity contribution < 1.29 is 4.79 Å². The minimum absolute atomic E-state index is 0.0352. The summed E-state index contributed by atoms with van der Waals surface area (Å²) in [4.78, 5) is 18.7. The molecule has 1 aliphatic rings. The lowest BCUT2D eigenvalue weighted by molar-refractivity contribution is 0.103. The second-order valence-corrected chi connectivity index (χ2v) is 6.49. The standard InChI is InChI=1S/C17H15N3OS/c21-17(16-10-12-4-3-7-15(12)22-16)19-13-5-1-2-6-14(13)20-9-8-18-11-20/h1-2,5-6,8-11H,3-4,7H2,(H,19,21). The third-order valence-electron chi connectivity index (χ3n) is 3.91. The highest BCUT2D eigenvalue weighted by Gasteiger charge is 2.19. The van der Waals surface area contributed by atoms with Gasteiger partial charge in [-0.25, -0.2) is 4.98 Å². The van der Waals surface area contributed by atoms with Crippen molar-refractivity contribution in [1.82, 2.24) is 9.55 Å². The fraction of sp³-hybridized carbons (Fsp3) is 0.176. The van der Waals surface area contributed by atoms with Gasteiger partial charge in [0.05, 0.1) is 22.6 Å². The summed E-state index contributed by atoms with van der Waals surface area (Å²) in [5, 5.41) is 3.03. The van der Waals surface area contributed by atoms with Crippen LogP contribution in [0.15, 0.2) is 49.1 Å². The van der Waals surface area contributed by atoms with Crippen LogP contribution < -0.4 is 5.32 Å². The first kappa shape index (κ1) is 13.3. The maximum absolute atomic E-state index is 12.5. The number of carbonyl (C=O) groups is 1. The number of nitrogens with zero attached hydrogens (tertiary/aromatic N) is 2. The Bertz CT molecular complexity index is 799. The molecule has 2 heterocycles. The predicted molar refractivity (Wildman–Crippen MR) is 87.9 cm³/mol. The van der Waals surface area contributed by atoms with Gasteiger partial charge in [0, 0.05) is 17.3 Å². The number of benzene rings is 1. The predicted octanol–water partition coefficient (Wildman–Crippen LogP) is 3.67. The molecule has 0 unspecified atom stereocenters. The lowest BCUT2D eigenvalue weighted by Crippen LogP contribution is -2.12. The molecule has 3 aromatic rings. The summed E-state index contributed by atoms with van der Waals surface area (Å²) in [7, 11) is 0. The third kappa shape index (κ3) is 2.33. The molecule has 0 atom stereocenters. The average molecular weight is 309 g/mol. The Kier molecular flexibility index (Phi) is 3.27. The highest BCUT2D eigenvalue weighted by molar-refractivity contribution is 7.14. The monoisotopic (exact) mass is 309 g/mol. The van der Waals surface area contributed by atoms with Crippen LogP contribution in [-0.4, -0.2) is 15.5 Å². The molecule has 4 rings (SSSR count). The van der Waals surface area contributed by atoms with Gasteiger partial charge in [-0.3, -0.25) is 4.79 Å². The molecule has 22 heavy (non-hydrogen) atoms. The normalized spacial score (nSPS) is 13.1. The van der Waals surface area contributed by atoms with Crippen LogP contribution >= 0.6 is 11.3 Å². The number of aromatic nitrogens is 2. The number of aryl methyl sites for hydroxylation is 2. The zero-order chi connectivity index (χ0) is 14.9. The molecule has 0 bridgehead atoms. The van der Waals surface area contributed by atoms with Gasteiger partial charge in [0.2, 0.25) is 0 Å². The van der Waals surface area contributed by atoms with Gasteiger partial charge in [0.15, 0.2) is 0 Å². The summed E-state index contributed by atoms with van der Waals surface area (Å²) >= 11 is 1.62. The van der Waals surface area contributed by atoms with Gasteiger partial charge >= 0.3 is 0 Å². The molecule has 1 N–H and O–H groups in total. The maximum atomic E-state index is 12.5. The van der Waals surface area contributed by atoms with Crippen LogP contribution in [0.5, 0.6) is 0 Å². The molecule has 0 radical (unpaired) electrons. The number of para-hydroxylation sites is 2. The molecular weight excluding hydrogens is 294 g/mol. The molecule has 0 spiro atoms. The number of amides is 1. The van der Waals surface area contributed by atoms with Crippen LogP contribution in [0, 0.1) is 0 Å². The zero-order valence-electron chi connectivity index (χ0n) is 12.0. The van der Waals surface area contributed by atoms with Crippen molar-refractivity contribution in [1.29, 1.82) is 0 Å². The van der Waals surface area contributed by atoms with E-state index in [1.165, 1.54) is 16.9 Å². The minimum atomic E-state index is -0.0352. The van der Waals surface area contributed by atoms with Crippen molar-refractivity contribution in [2.45, 2.75) is 19.3 Å². The Balaban J connectivity index is 1.62. The summed E-state index contributed by atoms with van der Waals surface area (Å²) < 4.78 is 1.89. The number of thiophene rings is 1. The molecule has 2 aromatic heterocycles. The number of carbonyl (C=O) groups excluding carboxylic acids is 1. The molecule has 0 fully saturated rings. The summed E-state index contributed by atoms with van der Waals surface area (Å²) in [6.45, 7) is 0. The van der Waals surface area contributed by atoms with Crippen LogP contribution in [0.4, 0.5) is 5.69 Å². The van der Waals surface area contributed by atoms with Crippen LogP contribution in [0.1, 0.15) is 26.5 Å². The van der Waals surface area contributed by atoms with Crippen LogP contribution in [0.25, 0.3) is 5.69 Å². The van der Waals surface area contributed by atoms with Crippen LogP contribution in [0.2, 0.25) is 0 Å². The fourth-order valence-electron chi connectivity index (χ4n) is 2.83. The summed E-state index contributed by atoms with van der Waals surface area (Å²) in [5.74, 6) is -0.0352. The lowest BCUT2D eigenvalue weighted by atomic mass is 10.2. The molecule has 1 amide bonds. The second-order valence-electron chi connectivity index (χ2n) is 5.35. The summed E-state index contributed by atoms with van der Waals surface area (Å²) in [5.41, 5.74) is 3.05. The van der Waals surface area contributed by atoms with Crippen molar-refractivity contribution >= 4 is 22.9 Å². The van der Waals surface area contributed by atoms with Crippen molar-refractivity contribution in [3.63, 3.8) is 0 Å². The minimum Gasteiger partial charge on any atom is -0.319 e. The molecule has 1 aliphatic carbocycles. The maximum Gasteiger partial charge on any atom is 0.265 e. The van der Waals surface area contributed by atoms with E-state index in [-0.39, 0.29) is 5.91 Å². The first-order valence-electron chi connectivity index (χ1n) is 7.31. The lowest BCUT2D eigenvalue weighted by Gasteiger charge is -2.10. The smallest absolute Gasteiger partial charge is 0.265 e. The largest absolute Gasteiger partial charge is 0.319 e. The molecule has 110 valence electrons. The first-order valence-corrected chi connectivity index (χ1v) is 8.13. The van der Waals surface area contributed by atoms with E-state index in [0.29, 0.717) is 0 Å². The number of nitrogens with one attached hydrogen (secondary N) is 1. The molecule has 0 saturated heterocycles. The summed E-state index contributed by atoms with van der Waals surface area (Å²) in [6.07, 6.45) is 8.74. The third-order valence-corrected chi connectivity index (χ3v) is 5.14. The van der Waals surface area contributed by atoms with Crippen molar-refractivity contribution in [2.75, 3.05) is 5.32 Å². The van der Waals surface area contributed by atoms with Crippen molar-refractivity contribution in [3.8, 4) is 5.69 Å². The van der Waals surface area contributed by atoms with E-state index in [9.17, 15) is 4.79 Å². The van der Waals surface area contributed by atoms with Crippen LogP contribution in [0.3, 0.4) is 0 Å². The van der Waals surface area contributed by atoms with Crippen LogP contribution in [-0.2, 0) is 12.8 Å². The molecule has 0 aliphatic heterocycles. The van der Waals surface area contributed by atoms with E-state index < -0.39 is 0 Å². The van der Waals surface area contributed by atoms with E-state index in [4.69, 9.17) is 0 Å². The van der Waals surface area contributed by atoms with Gasteiger partial charge in [-0.1, -0.05) is 12.1 Å². The Morgan fingerprint density at radius 2 is 2.18 bits per heavy atom. The fourth-order valence-corrected chi connectivity index (χ4v) is 3.98. The molecular formula is C17H15N3OS. The number of imidazole rings is 1. The first-order chi connectivity index (χ1) is 10.8. The van der Waals surface area contributed by atoms with Gasteiger partial charge < -0.3 is 9.88 Å². The highest BCUT2D eigenvalue weighted by atomic mass is 32.1. The second kappa shape index (κ2) is 5.42. The Morgan fingerprint density at radius 1 is 1.27 bits per heavy atom. The van der Waals surface area contributed by atoms with Gasteiger partial charge in [-0.15, -0.1) is 11.3 Å². The van der Waals surface area contributed by atoms with Crippen molar-refractivity contribution in [2.24, 2.45) is 0 Å². The number of fused-ring (bicyclic) bond motifs is 1. The van der Waals surface area contributed by atoms with E-state index in [0.717, 1.165) is 29.1 Å². The van der Waals surface area contributed by atoms with Gasteiger partial charge in [-0.2, -0.15) is 0 Å². The Hall–Kier alpha value is -2.40. The van der Waals surface area contributed by atoms with Crippen molar-refractivity contribution in [3.05, 3.63) is 64.4 Å². The average Bonchev–Trinajstić information content (AvgIpc) is 3.24. The number of rotatable bonds is 3. The number of anilines is 1. The molecule has 4 nitrogen and oxygen atoms in total. The molecule has 0 saturated carbocycles. The Morgan fingerprint density at radius 3 is 3.00 bits per heavy atom. The van der Waals surface area contributed by atoms with Gasteiger partial charge in [0.1, 0.15) is 0 Å². The van der Waals surface area contributed by atoms with Gasteiger partial charge in [0.25, 0.3) is 5.91 Å². The quantitative estimate of drug-likeness (QED) is 0.802. The van der Waals surface area contributed by atoms with Gasteiger partial charge in [-0.05, 0) is 43.0 Å².